The van der Waals surface area contributed by atoms with Gasteiger partial charge in [-0.15, -0.1) is 0 Å². The molecule has 1 atom stereocenters. The van der Waals surface area contributed by atoms with Gasteiger partial charge in [-0.05, 0) is 44.2 Å². The molecular formula is C32H27N3O4. The fraction of sp³-hybridized carbons (Fsp3) is 0.125. The Bertz CT molecular complexity index is 1620. The van der Waals surface area contributed by atoms with E-state index >= 15 is 0 Å². The maximum atomic E-state index is 13.0. The van der Waals surface area contributed by atoms with Gasteiger partial charge in [-0.3, -0.25) is 4.79 Å². The van der Waals surface area contributed by atoms with Gasteiger partial charge in [0.2, 0.25) is 0 Å². The SMILES string of the molecule is CCOc1ccccc1NC(=O)C(C)OC(=O)c1ccc2nc(-c3ccccc3)c(-c3ccccc3)nc2c1. The highest BCUT2D eigenvalue weighted by molar-refractivity contribution is 5.99. The molecule has 7 heteroatoms. The summed E-state index contributed by atoms with van der Waals surface area (Å²) in [7, 11) is 0. The van der Waals surface area contributed by atoms with Crippen LogP contribution in [0.15, 0.2) is 103 Å². The van der Waals surface area contributed by atoms with Crippen LogP contribution in [0, 0.1) is 0 Å². The van der Waals surface area contributed by atoms with Gasteiger partial charge in [-0.1, -0.05) is 72.8 Å². The number of rotatable bonds is 8. The van der Waals surface area contributed by atoms with Crippen LogP contribution in [-0.4, -0.2) is 34.6 Å². The molecule has 0 fully saturated rings. The second kappa shape index (κ2) is 11.6. The number of amides is 1. The smallest absolute Gasteiger partial charge is 0.338 e. The fourth-order valence-electron chi connectivity index (χ4n) is 4.14. The van der Waals surface area contributed by atoms with E-state index in [9.17, 15) is 9.59 Å². The standard InChI is InChI=1S/C32H27N3O4/c1-3-38-28-17-11-10-16-26(28)35-31(36)21(2)39-32(37)24-18-19-25-27(20-24)34-30(23-14-8-5-9-15-23)29(33-25)22-12-6-4-7-13-22/h4-21H,3H2,1-2H3,(H,35,36). The molecule has 1 aromatic heterocycles. The van der Waals surface area contributed by atoms with Crippen LogP contribution in [0.1, 0.15) is 24.2 Å². The van der Waals surface area contributed by atoms with Crippen molar-refractivity contribution in [1.29, 1.82) is 0 Å². The molecule has 0 aliphatic heterocycles. The molecule has 1 heterocycles. The second-order valence-corrected chi connectivity index (χ2v) is 8.82. The van der Waals surface area contributed by atoms with Gasteiger partial charge < -0.3 is 14.8 Å². The molecule has 0 aliphatic carbocycles. The largest absolute Gasteiger partial charge is 0.492 e. The summed E-state index contributed by atoms with van der Waals surface area (Å²) in [5.74, 6) is -0.549. The van der Waals surface area contributed by atoms with E-state index in [1.807, 2.05) is 73.7 Å². The first kappa shape index (κ1) is 25.6. The van der Waals surface area contributed by atoms with Gasteiger partial charge in [-0.2, -0.15) is 0 Å². The van der Waals surface area contributed by atoms with Gasteiger partial charge in [0.1, 0.15) is 5.75 Å². The van der Waals surface area contributed by atoms with Crippen molar-refractivity contribution < 1.29 is 19.1 Å². The summed E-state index contributed by atoms with van der Waals surface area (Å²) in [5.41, 5.74) is 5.29. The third kappa shape index (κ3) is 5.78. The molecule has 0 spiro atoms. The van der Waals surface area contributed by atoms with Crippen LogP contribution in [0.5, 0.6) is 5.75 Å². The summed E-state index contributed by atoms with van der Waals surface area (Å²) in [5, 5.41) is 2.77. The third-order valence-corrected chi connectivity index (χ3v) is 6.09. The van der Waals surface area contributed by atoms with E-state index in [1.54, 1.807) is 36.4 Å². The molecule has 0 radical (unpaired) electrons. The molecule has 0 bridgehead atoms. The van der Waals surface area contributed by atoms with Crippen LogP contribution in [0.2, 0.25) is 0 Å². The highest BCUT2D eigenvalue weighted by Crippen LogP contribution is 2.31. The number of carbonyl (C=O) groups is 2. The number of esters is 1. The van der Waals surface area contributed by atoms with E-state index in [-0.39, 0.29) is 5.56 Å². The quantitative estimate of drug-likeness (QED) is 0.235. The molecule has 1 amide bonds. The monoisotopic (exact) mass is 517 g/mol. The van der Waals surface area contributed by atoms with Crippen LogP contribution in [-0.2, 0) is 9.53 Å². The molecule has 5 rings (SSSR count). The zero-order valence-corrected chi connectivity index (χ0v) is 21.6. The molecule has 194 valence electrons. The minimum absolute atomic E-state index is 0.276. The lowest BCUT2D eigenvalue weighted by molar-refractivity contribution is -0.123. The molecule has 7 nitrogen and oxygen atoms in total. The maximum Gasteiger partial charge on any atom is 0.338 e. The number of benzene rings is 4. The molecule has 0 aliphatic rings. The summed E-state index contributed by atoms with van der Waals surface area (Å²) in [6, 6.07) is 31.8. The maximum absolute atomic E-state index is 13.0. The summed E-state index contributed by atoms with van der Waals surface area (Å²) < 4.78 is 11.0. The average Bonchev–Trinajstić information content (AvgIpc) is 2.98. The highest BCUT2D eigenvalue weighted by Gasteiger charge is 2.21. The number of carbonyl (C=O) groups excluding carboxylic acids is 2. The number of ether oxygens (including phenoxy) is 2. The number of nitrogens with one attached hydrogen (secondary N) is 1. The number of hydrogen-bond donors (Lipinski definition) is 1. The van der Waals surface area contributed by atoms with Crippen molar-refractivity contribution in [2.75, 3.05) is 11.9 Å². The summed E-state index contributed by atoms with van der Waals surface area (Å²) in [4.78, 5) is 35.5. The lowest BCUT2D eigenvalue weighted by Gasteiger charge is -2.16. The van der Waals surface area contributed by atoms with Crippen molar-refractivity contribution in [1.82, 2.24) is 9.97 Å². The molecule has 0 saturated carbocycles. The van der Waals surface area contributed by atoms with E-state index < -0.39 is 18.0 Å². The van der Waals surface area contributed by atoms with Gasteiger partial charge in [0.25, 0.3) is 5.91 Å². The first-order chi connectivity index (χ1) is 19.0. The second-order valence-electron chi connectivity index (χ2n) is 8.82. The van der Waals surface area contributed by atoms with Gasteiger partial charge in [-0.25, -0.2) is 14.8 Å². The summed E-state index contributed by atoms with van der Waals surface area (Å²) in [6.07, 6.45) is -1.03. The van der Waals surface area contributed by atoms with E-state index in [2.05, 4.69) is 5.32 Å². The lowest BCUT2D eigenvalue weighted by atomic mass is 10.0. The first-order valence-corrected chi connectivity index (χ1v) is 12.7. The lowest BCUT2D eigenvalue weighted by Crippen LogP contribution is -2.30. The van der Waals surface area contributed by atoms with Crippen LogP contribution < -0.4 is 10.1 Å². The van der Waals surface area contributed by atoms with Crippen molar-refractivity contribution in [2.24, 2.45) is 0 Å². The Kier molecular flexibility index (Phi) is 7.59. The predicted octanol–water partition coefficient (Wildman–Crippen LogP) is 6.55. The molecule has 0 saturated heterocycles. The van der Waals surface area contributed by atoms with E-state index in [0.717, 1.165) is 16.8 Å². The minimum Gasteiger partial charge on any atom is -0.492 e. The fourth-order valence-corrected chi connectivity index (χ4v) is 4.14. The van der Waals surface area contributed by atoms with Crippen LogP contribution in [0.4, 0.5) is 5.69 Å². The summed E-state index contributed by atoms with van der Waals surface area (Å²) >= 11 is 0. The van der Waals surface area contributed by atoms with Gasteiger partial charge in [0.15, 0.2) is 6.10 Å². The van der Waals surface area contributed by atoms with Crippen LogP contribution in [0.25, 0.3) is 33.5 Å². The number of aromatic nitrogens is 2. The van der Waals surface area contributed by atoms with E-state index in [4.69, 9.17) is 19.4 Å². The first-order valence-electron chi connectivity index (χ1n) is 12.7. The van der Waals surface area contributed by atoms with Crippen LogP contribution >= 0.6 is 0 Å². The van der Waals surface area contributed by atoms with Gasteiger partial charge >= 0.3 is 5.97 Å². The van der Waals surface area contributed by atoms with Crippen molar-refractivity contribution in [3.63, 3.8) is 0 Å². The van der Waals surface area contributed by atoms with Gasteiger partial charge in [0.05, 0.1) is 40.3 Å². The van der Waals surface area contributed by atoms with Crippen molar-refractivity contribution >= 4 is 28.6 Å². The topological polar surface area (TPSA) is 90.4 Å². The van der Waals surface area contributed by atoms with Crippen molar-refractivity contribution in [3.05, 3.63) is 109 Å². The van der Waals surface area contributed by atoms with E-state index in [1.165, 1.54) is 6.92 Å². The van der Waals surface area contributed by atoms with Gasteiger partial charge in [0, 0.05) is 11.1 Å². The average molecular weight is 518 g/mol. The summed E-state index contributed by atoms with van der Waals surface area (Å²) in [6.45, 7) is 3.85. The Labute approximate surface area is 226 Å². The van der Waals surface area contributed by atoms with Crippen LogP contribution in [0.3, 0.4) is 0 Å². The predicted molar refractivity (Wildman–Crippen MR) is 152 cm³/mol. The minimum atomic E-state index is -1.03. The third-order valence-electron chi connectivity index (χ3n) is 6.09. The number of anilines is 1. The molecule has 39 heavy (non-hydrogen) atoms. The zero-order chi connectivity index (χ0) is 27.2. The highest BCUT2D eigenvalue weighted by atomic mass is 16.5. The number of para-hydroxylation sites is 2. The number of fused-ring (bicyclic) bond motifs is 1. The number of hydrogen-bond acceptors (Lipinski definition) is 6. The molecule has 5 aromatic rings. The Balaban J connectivity index is 1.40. The Morgan fingerprint density at radius 3 is 2.00 bits per heavy atom. The zero-order valence-electron chi connectivity index (χ0n) is 21.6. The Hall–Kier alpha value is -5.04. The molecule has 4 aromatic carbocycles. The number of nitrogens with zero attached hydrogens (tertiary/aromatic N) is 2. The molecule has 1 unspecified atom stereocenters. The Morgan fingerprint density at radius 1 is 0.769 bits per heavy atom. The Morgan fingerprint density at radius 2 is 1.36 bits per heavy atom. The molecular weight excluding hydrogens is 490 g/mol. The van der Waals surface area contributed by atoms with E-state index in [0.29, 0.717) is 34.8 Å². The van der Waals surface area contributed by atoms with Crippen molar-refractivity contribution in [3.8, 4) is 28.3 Å². The molecule has 1 N–H and O–H groups in total. The normalized spacial score (nSPS) is 11.5. The van der Waals surface area contributed by atoms with Crippen molar-refractivity contribution in [2.45, 2.75) is 20.0 Å².